The molecule has 0 saturated heterocycles. The molecule has 0 aliphatic carbocycles. The lowest BCUT2D eigenvalue weighted by molar-refractivity contribution is 0.0653. The number of aliphatic hydroxyl groups excluding tert-OH is 1. The molecule has 0 radical (unpaired) electrons. The van der Waals surface area contributed by atoms with Crippen molar-refractivity contribution in [2.24, 2.45) is 0 Å². The topological polar surface area (TPSA) is 32.7 Å². The third-order valence-electron chi connectivity index (χ3n) is 4.73. The molecule has 0 fully saturated rings. The Balaban J connectivity index is 1.91. The normalized spacial score (nSPS) is 13.0. The molecule has 2 aromatic carbocycles. The van der Waals surface area contributed by atoms with Gasteiger partial charge in [-0.15, -0.1) is 0 Å². The SMILES string of the molecule is CCCN(Cc1ccccc1)C[C@@H](O)COc1ccc(C(C)(C)C)cc1C. The van der Waals surface area contributed by atoms with Crippen LogP contribution < -0.4 is 4.74 Å². The molecule has 0 aliphatic heterocycles. The van der Waals surface area contributed by atoms with Crippen LogP contribution in [0.5, 0.6) is 5.75 Å². The summed E-state index contributed by atoms with van der Waals surface area (Å²) in [6.45, 7) is 13.6. The number of rotatable bonds is 9. The van der Waals surface area contributed by atoms with Gasteiger partial charge in [-0.05, 0) is 48.1 Å². The highest BCUT2D eigenvalue weighted by atomic mass is 16.5. The maximum Gasteiger partial charge on any atom is 0.122 e. The van der Waals surface area contributed by atoms with Crippen LogP contribution in [-0.4, -0.2) is 35.8 Å². The van der Waals surface area contributed by atoms with Crippen LogP contribution in [-0.2, 0) is 12.0 Å². The molecule has 1 N–H and O–H groups in total. The summed E-state index contributed by atoms with van der Waals surface area (Å²) < 4.78 is 5.92. The molecule has 0 saturated carbocycles. The van der Waals surface area contributed by atoms with Crippen molar-refractivity contribution in [3.05, 3.63) is 65.2 Å². The number of nitrogens with zero attached hydrogens (tertiary/aromatic N) is 1. The van der Waals surface area contributed by atoms with E-state index in [0.717, 1.165) is 30.8 Å². The van der Waals surface area contributed by atoms with Crippen molar-refractivity contribution in [3.8, 4) is 5.75 Å². The average molecular weight is 370 g/mol. The van der Waals surface area contributed by atoms with Gasteiger partial charge in [0.15, 0.2) is 0 Å². The quantitative estimate of drug-likeness (QED) is 0.679. The zero-order valence-electron chi connectivity index (χ0n) is 17.5. The molecule has 148 valence electrons. The van der Waals surface area contributed by atoms with Crippen molar-refractivity contribution in [1.82, 2.24) is 4.90 Å². The first-order chi connectivity index (χ1) is 12.8. The molecule has 2 rings (SSSR count). The van der Waals surface area contributed by atoms with Crippen molar-refractivity contribution in [1.29, 1.82) is 0 Å². The molecule has 0 amide bonds. The molecular formula is C24H35NO2. The second-order valence-corrected chi connectivity index (χ2v) is 8.42. The van der Waals surface area contributed by atoms with Crippen molar-refractivity contribution in [3.63, 3.8) is 0 Å². The number of aryl methyl sites for hydroxylation is 1. The summed E-state index contributed by atoms with van der Waals surface area (Å²) in [6, 6.07) is 16.7. The van der Waals surface area contributed by atoms with E-state index in [4.69, 9.17) is 4.74 Å². The predicted octanol–water partition coefficient (Wildman–Crippen LogP) is 4.94. The monoisotopic (exact) mass is 369 g/mol. The van der Waals surface area contributed by atoms with Crippen LogP contribution >= 0.6 is 0 Å². The maximum atomic E-state index is 10.5. The molecule has 0 bridgehead atoms. The molecule has 2 aromatic rings. The fourth-order valence-corrected chi connectivity index (χ4v) is 3.21. The predicted molar refractivity (Wildman–Crippen MR) is 113 cm³/mol. The van der Waals surface area contributed by atoms with Gasteiger partial charge in [0.05, 0.1) is 0 Å². The zero-order chi connectivity index (χ0) is 19.9. The van der Waals surface area contributed by atoms with Crippen LogP contribution in [0.4, 0.5) is 0 Å². The van der Waals surface area contributed by atoms with Gasteiger partial charge in [-0.25, -0.2) is 0 Å². The minimum atomic E-state index is -0.512. The van der Waals surface area contributed by atoms with Gasteiger partial charge in [0.1, 0.15) is 18.5 Å². The van der Waals surface area contributed by atoms with E-state index < -0.39 is 6.10 Å². The van der Waals surface area contributed by atoms with E-state index in [-0.39, 0.29) is 5.41 Å². The molecule has 0 spiro atoms. The molecule has 27 heavy (non-hydrogen) atoms. The van der Waals surface area contributed by atoms with E-state index in [2.05, 4.69) is 75.9 Å². The summed E-state index contributed by atoms with van der Waals surface area (Å²) in [5.41, 5.74) is 3.81. The van der Waals surface area contributed by atoms with Crippen molar-refractivity contribution < 1.29 is 9.84 Å². The van der Waals surface area contributed by atoms with Crippen molar-refractivity contribution in [2.45, 2.75) is 59.1 Å². The van der Waals surface area contributed by atoms with E-state index in [9.17, 15) is 5.11 Å². The standard InChI is InChI=1S/C24H35NO2/c1-6-14-25(16-20-10-8-7-9-11-20)17-22(26)18-27-23-13-12-21(15-19(23)2)24(3,4)5/h7-13,15,22,26H,6,14,16-18H2,1-5H3/t22-/m1/s1. The third-order valence-corrected chi connectivity index (χ3v) is 4.73. The third kappa shape index (κ3) is 7.00. The fraction of sp³-hybridized carbons (Fsp3) is 0.500. The summed E-state index contributed by atoms with van der Waals surface area (Å²) in [6.07, 6.45) is 0.551. The first-order valence-corrected chi connectivity index (χ1v) is 9.98. The Morgan fingerprint density at radius 2 is 1.78 bits per heavy atom. The van der Waals surface area contributed by atoms with Crippen LogP contribution in [0.15, 0.2) is 48.5 Å². The molecular weight excluding hydrogens is 334 g/mol. The Kier molecular flexibility index (Phi) is 7.88. The number of ether oxygens (including phenoxy) is 1. The summed E-state index contributed by atoms with van der Waals surface area (Å²) in [5, 5.41) is 10.5. The summed E-state index contributed by atoms with van der Waals surface area (Å²) >= 11 is 0. The molecule has 3 heteroatoms. The van der Waals surface area contributed by atoms with Gasteiger partial charge in [-0.3, -0.25) is 4.90 Å². The largest absolute Gasteiger partial charge is 0.491 e. The van der Waals surface area contributed by atoms with Crippen molar-refractivity contribution in [2.75, 3.05) is 19.7 Å². The second kappa shape index (κ2) is 9.91. The maximum absolute atomic E-state index is 10.5. The van der Waals surface area contributed by atoms with Gasteiger partial charge in [-0.1, -0.05) is 70.2 Å². The zero-order valence-corrected chi connectivity index (χ0v) is 17.5. The highest BCUT2D eigenvalue weighted by Gasteiger charge is 2.16. The molecule has 0 aromatic heterocycles. The number of aliphatic hydroxyl groups is 1. The average Bonchev–Trinajstić information content (AvgIpc) is 2.61. The summed E-state index contributed by atoms with van der Waals surface area (Å²) in [7, 11) is 0. The fourth-order valence-electron chi connectivity index (χ4n) is 3.21. The summed E-state index contributed by atoms with van der Waals surface area (Å²) in [5.74, 6) is 0.854. The summed E-state index contributed by atoms with van der Waals surface area (Å²) in [4.78, 5) is 2.29. The van der Waals surface area contributed by atoms with Crippen molar-refractivity contribution >= 4 is 0 Å². The van der Waals surface area contributed by atoms with Gasteiger partial charge < -0.3 is 9.84 Å². The first kappa shape index (κ1) is 21.5. The van der Waals surface area contributed by atoms with Crippen LogP contribution in [0.3, 0.4) is 0 Å². The highest BCUT2D eigenvalue weighted by Crippen LogP contribution is 2.27. The minimum Gasteiger partial charge on any atom is -0.491 e. The Labute approximate surface area is 165 Å². The Bertz CT molecular complexity index is 691. The second-order valence-electron chi connectivity index (χ2n) is 8.42. The first-order valence-electron chi connectivity index (χ1n) is 9.98. The van der Waals surface area contributed by atoms with E-state index in [1.54, 1.807) is 0 Å². The van der Waals surface area contributed by atoms with Crippen LogP contribution in [0, 0.1) is 6.92 Å². The van der Waals surface area contributed by atoms with E-state index in [1.807, 2.05) is 12.1 Å². The Morgan fingerprint density at radius 1 is 1.07 bits per heavy atom. The van der Waals surface area contributed by atoms with Gasteiger partial charge in [0.2, 0.25) is 0 Å². The van der Waals surface area contributed by atoms with E-state index in [0.29, 0.717) is 13.2 Å². The molecule has 0 unspecified atom stereocenters. The Hall–Kier alpha value is -1.84. The molecule has 0 heterocycles. The number of hydrogen-bond donors (Lipinski definition) is 1. The smallest absolute Gasteiger partial charge is 0.122 e. The lowest BCUT2D eigenvalue weighted by Gasteiger charge is -2.25. The lowest BCUT2D eigenvalue weighted by atomic mass is 9.86. The van der Waals surface area contributed by atoms with Gasteiger partial charge in [0, 0.05) is 13.1 Å². The molecule has 0 aliphatic rings. The van der Waals surface area contributed by atoms with E-state index in [1.165, 1.54) is 11.1 Å². The van der Waals surface area contributed by atoms with Gasteiger partial charge in [-0.2, -0.15) is 0 Å². The molecule has 3 nitrogen and oxygen atoms in total. The van der Waals surface area contributed by atoms with Crippen LogP contribution in [0.25, 0.3) is 0 Å². The van der Waals surface area contributed by atoms with Gasteiger partial charge >= 0.3 is 0 Å². The van der Waals surface area contributed by atoms with Crippen LogP contribution in [0.1, 0.15) is 50.8 Å². The number of hydrogen-bond acceptors (Lipinski definition) is 3. The van der Waals surface area contributed by atoms with Gasteiger partial charge in [0.25, 0.3) is 0 Å². The van der Waals surface area contributed by atoms with Crippen LogP contribution in [0.2, 0.25) is 0 Å². The molecule has 1 atom stereocenters. The van der Waals surface area contributed by atoms with E-state index >= 15 is 0 Å². The minimum absolute atomic E-state index is 0.126. The number of benzene rings is 2. The highest BCUT2D eigenvalue weighted by molar-refractivity contribution is 5.38. The lowest BCUT2D eigenvalue weighted by Crippen LogP contribution is -2.35. The Morgan fingerprint density at radius 3 is 2.37 bits per heavy atom.